The van der Waals surface area contributed by atoms with Gasteiger partial charge in [0.1, 0.15) is 29.6 Å². The van der Waals surface area contributed by atoms with Gasteiger partial charge < -0.3 is 14.9 Å². The van der Waals surface area contributed by atoms with Crippen molar-refractivity contribution in [1.82, 2.24) is 9.97 Å². The van der Waals surface area contributed by atoms with Crippen molar-refractivity contribution in [2.24, 2.45) is 0 Å². The van der Waals surface area contributed by atoms with Crippen molar-refractivity contribution in [3.63, 3.8) is 0 Å². The van der Waals surface area contributed by atoms with Gasteiger partial charge in [-0.15, -0.1) is 0 Å². The molecule has 5 nitrogen and oxygen atoms in total. The average molecular weight is 346 g/mol. The molecule has 0 saturated carbocycles. The van der Waals surface area contributed by atoms with E-state index < -0.39 is 0 Å². The Morgan fingerprint density at radius 3 is 2.64 bits per heavy atom. The maximum Gasteiger partial charge on any atom is 0.134 e. The molecule has 2 aliphatic rings. The lowest BCUT2D eigenvalue weighted by atomic mass is 9.98. The molecule has 0 radical (unpaired) electrons. The zero-order valence-electron chi connectivity index (χ0n) is 13.8. The fourth-order valence-corrected chi connectivity index (χ4v) is 3.78. The van der Waals surface area contributed by atoms with Gasteiger partial charge in [0.25, 0.3) is 0 Å². The molecule has 3 heterocycles. The highest BCUT2D eigenvalue weighted by molar-refractivity contribution is 5.53. The minimum absolute atomic E-state index is 0.0800. The molecule has 132 valence electrons. The van der Waals surface area contributed by atoms with Crippen molar-refractivity contribution in [1.29, 1.82) is 0 Å². The van der Waals surface area contributed by atoms with E-state index in [0.29, 0.717) is 36.5 Å². The number of aliphatic hydroxyl groups is 1. The second-order valence-electron chi connectivity index (χ2n) is 6.56. The molecule has 1 unspecified atom stereocenters. The van der Waals surface area contributed by atoms with Crippen LogP contribution in [0.3, 0.4) is 0 Å². The van der Waals surface area contributed by atoms with Crippen molar-refractivity contribution >= 4 is 11.6 Å². The van der Waals surface area contributed by atoms with Crippen LogP contribution < -0.4 is 9.80 Å². The van der Waals surface area contributed by atoms with Gasteiger partial charge in [-0.1, -0.05) is 0 Å². The number of nitrogens with zero attached hydrogens (tertiary/aromatic N) is 4. The summed E-state index contributed by atoms with van der Waals surface area (Å²) in [6.07, 6.45) is 3.90. The van der Waals surface area contributed by atoms with Crippen LogP contribution in [-0.2, 0) is 13.0 Å². The maximum absolute atomic E-state index is 14.1. The first-order valence-corrected chi connectivity index (χ1v) is 8.57. The van der Waals surface area contributed by atoms with E-state index in [1.807, 2.05) is 11.0 Å². The fraction of sp³-hybridized carbons (Fsp3) is 0.444. The summed E-state index contributed by atoms with van der Waals surface area (Å²) in [5.74, 6) is 0.743. The highest BCUT2D eigenvalue weighted by Crippen LogP contribution is 2.30. The Labute approximate surface area is 144 Å². The molecule has 1 atom stereocenters. The van der Waals surface area contributed by atoms with Crippen LogP contribution in [0, 0.1) is 11.6 Å². The van der Waals surface area contributed by atoms with Gasteiger partial charge in [0.15, 0.2) is 0 Å². The third-order valence-electron chi connectivity index (χ3n) is 5.14. The summed E-state index contributed by atoms with van der Waals surface area (Å²) >= 11 is 0. The molecule has 0 aliphatic carbocycles. The Balaban J connectivity index is 1.61. The lowest BCUT2D eigenvalue weighted by molar-refractivity contribution is 0.266. The number of aliphatic hydroxyl groups excluding tert-OH is 1. The molecule has 0 bridgehead atoms. The van der Waals surface area contributed by atoms with E-state index in [2.05, 4.69) is 14.9 Å². The second-order valence-corrected chi connectivity index (χ2v) is 6.56. The van der Waals surface area contributed by atoms with E-state index in [0.717, 1.165) is 25.2 Å². The van der Waals surface area contributed by atoms with E-state index in [-0.39, 0.29) is 24.3 Å². The number of anilines is 2. The van der Waals surface area contributed by atoms with E-state index in [4.69, 9.17) is 0 Å². The lowest BCUT2D eigenvalue weighted by Gasteiger charge is -2.31. The van der Waals surface area contributed by atoms with Gasteiger partial charge in [-0.2, -0.15) is 0 Å². The predicted molar refractivity (Wildman–Crippen MR) is 90.6 cm³/mol. The number of aromatic nitrogens is 2. The Morgan fingerprint density at radius 2 is 1.84 bits per heavy atom. The SMILES string of the molecule is OCC1CCCN1c1cc(N2CCc3c(F)ccc(F)c3C2)ncn1. The fourth-order valence-electron chi connectivity index (χ4n) is 3.78. The molecule has 0 amide bonds. The van der Waals surface area contributed by atoms with Crippen LogP contribution in [0.15, 0.2) is 24.5 Å². The van der Waals surface area contributed by atoms with Crippen molar-refractivity contribution in [2.75, 3.05) is 29.5 Å². The highest BCUT2D eigenvalue weighted by atomic mass is 19.1. The minimum atomic E-state index is -0.379. The molecule has 7 heteroatoms. The summed E-state index contributed by atoms with van der Waals surface area (Å²) in [6.45, 7) is 1.82. The van der Waals surface area contributed by atoms with Crippen LogP contribution >= 0.6 is 0 Å². The number of rotatable bonds is 3. The molecule has 2 aromatic rings. The first-order valence-electron chi connectivity index (χ1n) is 8.57. The van der Waals surface area contributed by atoms with Gasteiger partial charge >= 0.3 is 0 Å². The Morgan fingerprint density at radius 1 is 1.08 bits per heavy atom. The normalized spacial score (nSPS) is 20.0. The summed E-state index contributed by atoms with van der Waals surface area (Å²) in [5.41, 5.74) is 0.867. The van der Waals surface area contributed by atoms with Crippen molar-refractivity contribution < 1.29 is 13.9 Å². The quantitative estimate of drug-likeness (QED) is 0.924. The van der Waals surface area contributed by atoms with Gasteiger partial charge in [0.2, 0.25) is 0 Å². The Bertz CT molecular complexity index is 786. The largest absolute Gasteiger partial charge is 0.394 e. The van der Waals surface area contributed by atoms with Gasteiger partial charge in [0.05, 0.1) is 12.6 Å². The molecule has 1 fully saturated rings. The summed E-state index contributed by atoms with van der Waals surface area (Å²) in [7, 11) is 0. The van der Waals surface area contributed by atoms with E-state index >= 15 is 0 Å². The molecule has 1 aromatic carbocycles. The topological polar surface area (TPSA) is 52.5 Å². The van der Waals surface area contributed by atoms with E-state index in [1.165, 1.54) is 18.5 Å². The molecule has 4 rings (SSSR count). The van der Waals surface area contributed by atoms with Crippen molar-refractivity contribution in [2.45, 2.75) is 31.8 Å². The second kappa shape index (κ2) is 6.55. The molecule has 1 N–H and O–H groups in total. The zero-order chi connectivity index (χ0) is 17.4. The third-order valence-corrected chi connectivity index (χ3v) is 5.14. The number of fused-ring (bicyclic) bond motifs is 1. The predicted octanol–water partition coefficient (Wildman–Crippen LogP) is 2.28. The van der Waals surface area contributed by atoms with Gasteiger partial charge in [-0.3, -0.25) is 0 Å². The monoisotopic (exact) mass is 346 g/mol. The van der Waals surface area contributed by atoms with Gasteiger partial charge in [-0.25, -0.2) is 18.7 Å². The van der Waals surface area contributed by atoms with Crippen LogP contribution in [0.1, 0.15) is 24.0 Å². The van der Waals surface area contributed by atoms with Crippen molar-refractivity contribution in [3.05, 3.63) is 47.3 Å². The van der Waals surface area contributed by atoms with Crippen LogP contribution in [0.5, 0.6) is 0 Å². The number of halogens is 2. The van der Waals surface area contributed by atoms with Crippen LogP contribution in [-0.4, -0.2) is 40.8 Å². The Hall–Kier alpha value is -2.28. The summed E-state index contributed by atoms with van der Waals surface area (Å²) < 4.78 is 28.0. The van der Waals surface area contributed by atoms with Crippen molar-refractivity contribution in [3.8, 4) is 0 Å². The molecular formula is C18H20F2N4O. The minimum Gasteiger partial charge on any atom is -0.394 e. The molecule has 1 aromatic heterocycles. The first-order chi connectivity index (χ1) is 12.2. The Kier molecular flexibility index (Phi) is 4.25. The van der Waals surface area contributed by atoms with Crippen LogP contribution in [0.2, 0.25) is 0 Å². The lowest BCUT2D eigenvalue weighted by Crippen LogP contribution is -2.34. The molecular weight excluding hydrogens is 326 g/mol. The van der Waals surface area contributed by atoms with Gasteiger partial charge in [-0.05, 0) is 37.0 Å². The first kappa shape index (κ1) is 16.2. The van der Waals surface area contributed by atoms with E-state index in [9.17, 15) is 13.9 Å². The smallest absolute Gasteiger partial charge is 0.134 e. The van der Waals surface area contributed by atoms with Crippen LogP contribution in [0.4, 0.5) is 20.4 Å². The molecule has 0 spiro atoms. The maximum atomic E-state index is 14.1. The summed E-state index contributed by atoms with van der Waals surface area (Å²) in [5, 5.41) is 9.51. The average Bonchev–Trinajstić information content (AvgIpc) is 3.13. The standard InChI is InChI=1S/C18H20F2N4O/c19-15-3-4-16(20)14-9-23(7-5-13(14)15)17-8-18(22-11-21-17)24-6-1-2-12(24)10-25/h3-4,8,11-12,25H,1-2,5-7,9-10H2. The van der Waals surface area contributed by atoms with Crippen LogP contribution in [0.25, 0.3) is 0 Å². The summed E-state index contributed by atoms with van der Waals surface area (Å²) in [4.78, 5) is 12.7. The number of hydrogen-bond donors (Lipinski definition) is 1. The number of hydrogen-bond acceptors (Lipinski definition) is 5. The molecule has 1 saturated heterocycles. The summed E-state index contributed by atoms with van der Waals surface area (Å²) in [6, 6.07) is 4.32. The van der Waals surface area contributed by atoms with Gasteiger partial charge in [0, 0.05) is 31.3 Å². The molecule has 2 aliphatic heterocycles. The zero-order valence-corrected chi connectivity index (χ0v) is 13.8. The van der Waals surface area contributed by atoms with E-state index in [1.54, 1.807) is 0 Å². The highest BCUT2D eigenvalue weighted by Gasteiger charge is 2.27. The molecule has 25 heavy (non-hydrogen) atoms. The third kappa shape index (κ3) is 2.93. The number of benzene rings is 1.